The van der Waals surface area contributed by atoms with Gasteiger partial charge in [-0.25, -0.2) is 4.39 Å². The van der Waals surface area contributed by atoms with Gasteiger partial charge in [-0.2, -0.15) is 4.98 Å². The van der Waals surface area contributed by atoms with Crippen molar-refractivity contribution in [2.75, 3.05) is 11.9 Å². The first-order chi connectivity index (χ1) is 11.7. The zero-order valence-electron chi connectivity index (χ0n) is 13.2. The van der Waals surface area contributed by atoms with Crippen LogP contribution in [-0.2, 0) is 5.75 Å². The Morgan fingerprint density at radius 3 is 3.00 bits per heavy atom. The molecule has 0 spiro atoms. The lowest BCUT2D eigenvalue weighted by Crippen LogP contribution is -1.98. The van der Waals surface area contributed by atoms with Crippen molar-refractivity contribution in [2.45, 2.75) is 30.4 Å². The van der Waals surface area contributed by atoms with Gasteiger partial charge in [-0.1, -0.05) is 47.3 Å². The van der Waals surface area contributed by atoms with Gasteiger partial charge in [-0.3, -0.25) is 0 Å². The highest BCUT2D eigenvalue weighted by molar-refractivity contribution is 8.00. The van der Waals surface area contributed by atoms with Crippen LogP contribution in [0.2, 0.25) is 0 Å². The SMILES string of the molecule is CCCNc1nnc(SCc2nc(-c3ccc(C)c(F)c3)no2)s1. The monoisotopic (exact) mass is 365 g/mol. The van der Waals surface area contributed by atoms with Crippen molar-refractivity contribution in [3.05, 3.63) is 35.5 Å². The molecular formula is C15H16FN5OS2. The van der Waals surface area contributed by atoms with Gasteiger partial charge in [0.05, 0.1) is 5.75 Å². The molecule has 0 saturated heterocycles. The first kappa shape index (κ1) is 16.8. The molecule has 1 aromatic carbocycles. The van der Waals surface area contributed by atoms with E-state index in [2.05, 4.69) is 32.6 Å². The number of hydrogen-bond donors (Lipinski definition) is 1. The van der Waals surface area contributed by atoms with E-state index in [0.29, 0.717) is 28.6 Å². The molecule has 0 saturated carbocycles. The van der Waals surface area contributed by atoms with Crippen molar-refractivity contribution in [2.24, 2.45) is 0 Å². The molecule has 0 atom stereocenters. The van der Waals surface area contributed by atoms with Crippen LogP contribution < -0.4 is 5.32 Å². The summed E-state index contributed by atoms with van der Waals surface area (Å²) in [5.41, 5.74) is 1.18. The Morgan fingerprint density at radius 2 is 2.21 bits per heavy atom. The van der Waals surface area contributed by atoms with Gasteiger partial charge >= 0.3 is 0 Å². The minimum absolute atomic E-state index is 0.283. The van der Waals surface area contributed by atoms with Crippen LogP contribution in [0.1, 0.15) is 24.8 Å². The first-order valence-electron chi connectivity index (χ1n) is 7.45. The Labute approximate surface area is 146 Å². The van der Waals surface area contributed by atoms with Crippen LogP contribution in [0.15, 0.2) is 27.1 Å². The molecule has 0 radical (unpaired) electrons. The summed E-state index contributed by atoms with van der Waals surface area (Å²) in [4.78, 5) is 4.30. The number of anilines is 1. The van der Waals surface area contributed by atoms with Gasteiger partial charge in [0.15, 0.2) is 4.34 Å². The van der Waals surface area contributed by atoms with Crippen molar-refractivity contribution in [3.8, 4) is 11.4 Å². The summed E-state index contributed by atoms with van der Waals surface area (Å²) in [7, 11) is 0. The number of nitrogens with zero attached hydrogens (tertiary/aromatic N) is 4. The van der Waals surface area contributed by atoms with Gasteiger partial charge in [0.1, 0.15) is 5.82 Å². The molecule has 126 valence electrons. The maximum atomic E-state index is 13.6. The lowest BCUT2D eigenvalue weighted by Gasteiger charge is -1.97. The molecule has 2 aromatic heterocycles. The second-order valence-electron chi connectivity index (χ2n) is 5.06. The van der Waals surface area contributed by atoms with Crippen LogP contribution in [-0.4, -0.2) is 26.9 Å². The van der Waals surface area contributed by atoms with Crippen LogP contribution in [0.25, 0.3) is 11.4 Å². The van der Waals surface area contributed by atoms with Crippen LogP contribution in [0.5, 0.6) is 0 Å². The molecule has 24 heavy (non-hydrogen) atoms. The number of rotatable bonds is 7. The molecule has 0 aliphatic rings. The third-order valence-electron chi connectivity index (χ3n) is 3.15. The summed E-state index contributed by atoms with van der Waals surface area (Å²) < 4.78 is 19.7. The van der Waals surface area contributed by atoms with Crippen molar-refractivity contribution in [1.29, 1.82) is 0 Å². The maximum Gasteiger partial charge on any atom is 0.237 e. The van der Waals surface area contributed by atoms with Crippen LogP contribution in [0, 0.1) is 12.7 Å². The second kappa shape index (κ2) is 7.71. The summed E-state index contributed by atoms with van der Waals surface area (Å²) in [5.74, 6) is 1.06. The minimum Gasteiger partial charge on any atom is -0.360 e. The topological polar surface area (TPSA) is 76.7 Å². The largest absolute Gasteiger partial charge is 0.360 e. The lowest BCUT2D eigenvalue weighted by atomic mass is 10.1. The van der Waals surface area contributed by atoms with Gasteiger partial charge in [-0.15, -0.1) is 10.2 Å². The van der Waals surface area contributed by atoms with Crippen LogP contribution in [0.4, 0.5) is 9.52 Å². The number of aryl methyl sites for hydroxylation is 1. The highest BCUT2D eigenvalue weighted by Crippen LogP contribution is 2.28. The van der Waals surface area contributed by atoms with Gasteiger partial charge in [0, 0.05) is 12.1 Å². The molecule has 0 amide bonds. The average Bonchev–Trinajstić information content (AvgIpc) is 3.22. The van der Waals surface area contributed by atoms with E-state index < -0.39 is 0 Å². The lowest BCUT2D eigenvalue weighted by molar-refractivity contribution is 0.391. The zero-order valence-corrected chi connectivity index (χ0v) is 14.9. The normalized spacial score (nSPS) is 11.0. The number of aromatic nitrogens is 4. The Hall–Kier alpha value is -2.00. The quantitative estimate of drug-likeness (QED) is 0.630. The number of hydrogen-bond acceptors (Lipinski definition) is 8. The smallest absolute Gasteiger partial charge is 0.237 e. The standard InChI is InChI=1S/C15H16FN5OS2/c1-3-6-17-14-19-20-15(24-14)23-8-12-18-13(21-22-12)10-5-4-9(2)11(16)7-10/h4-5,7H,3,6,8H2,1-2H3,(H,17,19). The van der Waals surface area contributed by atoms with Gasteiger partial charge in [0.2, 0.25) is 16.8 Å². The fourth-order valence-electron chi connectivity index (χ4n) is 1.86. The molecule has 0 bridgehead atoms. The number of benzene rings is 1. The molecule has 0 unspecified atom stereocenters. The van der Waals surface area contributed by atoms with Crippen LogP contribution in [0.3, 0.4) is 0 Å². The predicted octanol–water partition coefficient (Wildman–Crippen LogP) is 4.15. The Kier molecular flexibility index (Phi) is 5.41. The Bertz CT molecular complexity index is 820. The molecule has 0 aliphatic heterocycles. The molecule has 2 heterocycles. The van der Waals surface area contributed by atoms with Crippen molar-refractivity contribution in [3.63, 3.8) is 0 Å². The molecule has 0 fully saturated rings. The van der Waals surface area contributed by atoms with E-state index in [4.69, 9.17) is 4.52 Å². The van der Waals surface area contributed by atoms with E-state index in [9.17, 15) is 4.39 Å². The average molecular weight is 365 g/mol. The summed E-state index contributed by atoms with van der Waals surface area (Å²) in [6, 6.07) is 4.88. The molecule has 3 rings (SSSR count). The van der Waals surface area contributed by atoms with E-state index in [1.165, 1.54) is 29.2 Å². The van der Waals surface area contributed by atoms with E-state index in [0.717, 1.165) is 22.4 Å². The molecule has 1 N–H and O–H groups in total. The number of halogens is 1. The number of thioether (sulfide) groups is 1. The van der Waals surface area contributed by atoms with E-state index >= 15 is 0 Å². The van der Waals surface area contributed by atoms with Gasteiger partial charge < -0.3 is 9.84 Å². The maximum absolute atomic E-state index is 13.6. The van der Waals surface area contributed by atoms with Gasteiger partial charge in [0.25, 0.3) is 0 Å². The molecular weight excluding hydrogens is 349 g/mol. The van der Waals surface area contributed by atoms with E-state index in [1.807, 2.05) is 0 Å². The minimum atomic E-state index is -0.283. The third kappa shape index (κ3) is 4.09. The van der Waals surface area contributed by atoms with Crippen molar-refractivity contribution < 1.29 is 8.91 Å². The summed E-state index contributed by atoms with van der Waals surface area (Å²) >= 11 is 2.97. The highest BCUT2D eigenvalue weighted by atomic mass is 32.2. The Morgan fingerprint density at radius 1 is 1.33 bits per heavy atom. The van der Waals surface area contributed by atoms with E-state index in [-0.39, 0.29) is 5.82 Å². The fraction of sp³-hybridized carbons (Fsp3) is 0.333. The summed E-state index contributed by atoms with van der Waals surface area (Å²) in [6.45, 7) is 4.68. The van der Waals surface area contributed by atoms with Crippen LogP contribution >= 0.6 is 23.1 Å². The fourth-order valence-corrected chi connectivity index (χ4v) is 3.47. The summed E-state index contributed by atoms with van der Waals surface area (Å²) in [5, 5.41) is 16.1. The molecule has 0 aliphatic carbocycles. The Balaban J connectivity index is 1.61. The number of nitrogens with one attached hydrogen (secondary N) is 1. The zero-order chi connectivity index (χ0) is 16.9. The molecule has 9 heteroatoms. The van der Waals surface area contributed by atoms with Crippen molar-refractivity contribution in [1.82, 2.24) is 20.3 Å². The van der Waals surface area contributed by atoms with Crippen molar-refractivity contribution >= 4 is 28.2 Å². The molecule has 6 nitrogen and oxygen atoms in total. The first-order valence-corrected chi connectivity index (χ1v) is 9.25. The van der Waals surface area contributed by atoms with Gasteiger partial charge in [-0.05, 0) is 25.0 Å². The summed E-state index contributed by atoms with van der Waals surface area (Å²) in [6.07, 6.45) is 1.03. The molecule has 3 aromatic rings. The predicted molar refractivity (Wildman–Crippen MR) is 92.7 cm³/mol. The highest BCUT2D eigenvalue weighted by Gasteiger charge is 2.12. The van der Waals surface area contributed by atoms with E-state index in [1.54, 1.807) is 19.1 Å². The third-order valence-corrected chi connectivity index (χ3v) is 5.15. The second-order valence-corrected chi connectivity index (χ2v) is 7.26.